The lowest BCUT2D eigenvalue weighted by Crippen LogP contribution is -2.19. The second kappa shape index (κ2) is 6.07. The number of nitrogens with zero attached hydrogens (tertiary/aromatic N) is 5. The molecule has 0 fully saturated rings. The van der Waals surface area contributed by atoms with E-state index in [0.29, 0.717) is 5.82 Å². The van der Waals surface area contributed by atoms with Gasteiger partial charge in [-0.1, -0.05) is 12.1 Å². The van der Waals surface area contributed by atoms with Crippen LogP contribution in [-0.4, -0.2) is 30.6 Å². The molecule has 0 bridgehead atoms. The maximum Gasteiger partial charge on any atom is 0.417 e. The van der Waals surface area contributed by atoms with Gasteiger partial charge in [0, 0.05) is 6.07 Å². The van der Waals surface area contributed by atoms with Gasteiger partial charge in [0.05, 0.1) is 11.1 Å². The third kappa shape index (κ3) is 3.21. The molecular formula is C14H9F3N6O. The van der Waals surface area contributed by atoms with E-state index in [4.69, 9.17) is 0 Å². The van der Waals surface area contributed by atoms with Crippen LogP contribution in [0.15, 0.2) is 49.3 Å². The van der Waals surface area contributed by atoms with E-state index in [-0.39, 0.29) is 5.82 Å². The Bertz CT molecular complexity index is 863. The Morgan fingerprint density at radius 3 is 2.62 bits per heavy atom. The molecule has 0 saturated heterocycles. The normalized spacial score (nSPS) is 11.3. The topological polar surface area (TPSA) is 85.6 Å². The van der Waals surface area contributed by atoms with Gasteiger partial charge >= 0.3 is 6.18 Å². The average Bonchev–Trinajstić information content (AvgIpc) is 3.09. The highest BCUT2D eigenvalue weighted by atomic mass is 19.4. The summed E-state index contributed by atoms with van der Waals surface area (Å²) >= 11 is 0. The number of hydrogen-bond donors (Lipinski definition) is 1. The molecule has 1 amide bonds. The number of carbonyl (C=O) groups is 1. The minimum absolute atomic E-state index is 0.0393. The molecule has 3 aromatic rings. The summed E-state index contributed by atoms with van der Waals surface area (Å²) in [5.74, 6) is -0.578. The number of aromatic nitrogens is 5. The first-order chi connectivity index (χ1) is 11.4. The number of alkyl halides is 3. The molecular weight excluding hydrogens is 325 g/mol. The minimum Gasteiger partial charge on any atom is -0.306 e. The first kappa shape index (κ1) is 15.6. The molecule has 1 aromatic carbocycles. The summed E-state index contributed by atoms with van der Waals surface area (Å²) in [6.07, 6.45) is -0.805. The summed E-state index contributed by atoms with van der Waals surface area (Å²) in [5.41, 5.74) is -1.51. The smallest absolute Gasteiger partial charge is 0.306 e. The van der Waals surface area contributed by atoms with Gasteiger partial charge in [0.1, 0.15) is 24.8 Å². The Hall–Kier alpha value is -3.30. The van der Waals surface area contributed by atoms with Gasteiger partial charge in [-0.2, -0.15) is 18.3 Å². The lowest BCUT2D eigenvalue weighted by Gasteiger charge is -2.12. The van der Waals surface area contributed by atoms with Crippen LogP contribution in [0.5, 0.6) is 0 Å². The van der Waals surface area contributed by atoms with Gasteiger partial charge in [0.25, 0.3) is 5.91 Å². The zero-order valence-electron chi connectivity index (χ0n) is 11.9. The minimum atomic E-state index is -4.63. The Balaban J connectivity index is 1.88. The van der Waals surface area contributed by atoms with Crippen LogP contribution in [0.25, 0.3) is 5.82 Å². The van der Waals surface area contributed by atoms with E-state index >= 15 is 0 Å². The molecule has 0 spiro atoms. The van der Waals surface area contributed by atoms with Crippen LogP contribution in [0.2, 0.25) is 0 Å². The van der Waals surface area contributed by atoms with Crippen molar-refractivity contribution in [1.29, 1.82) is 0 Å². The molecule has 10 heteroatoms. The largest absolute Gasteiger partial charge is 0.417 e. The van der Waals surface area contributed by atoms with E-state index in [9.17, 15) is 18.0 Å². The Labute approximate surface area is 133 Å². The summed E-state index contributed by atoms with van der Waals surface area (Å²) in [4.78, 5) is 23.7. The Morgan fingerprint density at radius 2 is 1.92 bits per heavy atom. The standard InChI is InChI=1S/C14H9F3N6O/c15-14(16,17)10-4-2-1-3-9(10)13(24)22-11-5-12(20-7-19-11)23-8-18-6-21-23/h1-8H,(H,19,20,22,24). The molecule has 1 N–H and O–H groups in total. The third-order valence-corrected chi connectivity index (χ3v) is 3.02. The number of benzene rings is 1. The summed E-state index contributed by atoms with van der Waals surface area (Å²) in [7, 11) is 0. The Morgan fingerprint density at radius 1 is 1.12 bits per heavy atom. The van der Waals surface area contributed by atoms with Gasteiger partial charge in [-0.15, -0.1) is 0 Å². The zero-order valence-corrected chi connectivity index (χ0v) is 11.9. The lowest BCUT2D eigenvalue weighted by atomic mass is 10.1. The zero-order chi connectivity index (χ0) is 17.2. The molecule has 7 nitrogen and oxygen atoms in total. The van der Waals surface area contributed by atoms with E-state index in [1.54, 1.807) is 0 Å². The van der Waals surface area contributed by atoms with Gasteiger partial charge in [-0.25, -0.2) is 19.6 Å². The Kier molecular flexibility index (Phi) is 3.94. The number of amides is 1. The fourth-order valence-corrected chi connectivity index (χ4v) is 1.98. The lowest BCUT2D eigenvalue weighted by molar-refractivity contribution is -0.137. The summed E-state index contributed by atoms with van der Waals surface area (Å²) < 4.78 is 40.2. The van der Waals surface area contributed by atoms with Crippen LogP contribution >= 0.6 is 0 Å². The van der Waals surface area contributed by atoms with Gasteiger partial charge in [0.2, 0.25) is 0 Å². The van der Waals surface area contributed by atoms with Gasteiger partial charge in [0.15, 0.2) is 5.82 Å². The number of hydrogen-bond acceptors (Lipinski definition) is 5. The van der Waals surface area contributed by atoms with Crippen molar-refractivity contribution in [3.63, 3.8) is 0 Å². The van der Waals surface area contributed by atoms with Crippen molar-refractivity contribution in [1.82, 2.24) is 24.7 Å². The molecule has 3 rings (SSSR count). The number of anilines is 1. The molecule has 2 heterocycles. The van der Waals surface area contributed by atoms with Crippen molar-refractivity contribution in [2.45, 2.75) is 6.18 Å². The third-order valence-electron chi connectivity index (χ3n) is 3.02. The maximum atomic E-state index is 13.0. The SMILES string of the molecule is O=C(Nc1cc(-n2cncn2)ncn1)c1ccccc1C(F)(F)F. The highest BCUT2D eigenvalue weighted by molar-refractivity contribution is 6.05. The highest BCUT2D eigenvalue weighted by Crippen LogP contribution is 2.32. The first-order valence-corrected chi connectivity index (χ1v) is 6.60. The highest BCUT2D eigenvalue weighted by Gasteiger charge is 2.34. The van der Waals surface area contributed by atoms with E-state index in [1.807, 2.05) is 0 Å². The average molecular weight is 334 g/mol. The number of carbonyl (C=O) groups excluding carboxylic acids is 1. The summed E-state index contributed by atoms with van der Waals surface area (Å²) in [5, 5.41) is 6.19. The number of rotatable bonds is 3. The second-order valence-corrected chi connectivity index (χ2v) is 4.60. The van der Waals surface area contributed by atoms with Crippen LogP contribution in [0.3, 0.4) is 0 Å². The number of halogens is 3. The van der Waals surface area contributed by atoms with Gasteiger partial charge in [-0.3, -0.25) is 4.79 Å². The van der Waals surface area contributed by atoms with Crippen molar-refractivity contribution >= 4 is 11.7 Å². The molecule has 0 aliphatic heterocycles. The molecule has 0 radical (unpaired) electrons. The second-order valence-electron chi connectivity index (χ2n) is 4.60. The molecule has 0 unspecified atom stereocenters. The van der Waals surface area contributed by atoms with Gasteiger partial charge in [-0.05, 0) is 12.1 Å². The molecule has 0 atom stereocenters. The van der Waals surface area contributed by atoms with Crippen LogP contribution in [0.4, 0.5) is 19.0 Å². The van der Waals surface area contributed by atoms with Crippen LogP contribution in [0.1, 0.15) is 15.9 Å². The monoisotopic (exact) mass is 334 g/mol. The van der Waals surface area contributed by atoms with Crippen molar-refractivity contribution in [2.24, 2.45) is 0 Å². The molecule has 122 valence electrons. The van der Waals surface area contributed by atoms with E-state index in [2.05, 4.69) is 25.4 Å². The predicted octanol–water partition coefficient (Wildman–Crippen LogP) is 2.33. The first-order valence-electron chi connectivity index (χ1n) is 6.60. The molecule has 2 aromatic heterocycles. The number of nitrogens with one attached hydrogen (secondary N) is 1. The molecule has 0 saturated carbocycles. The predicted molar refractivity (Wildman–Crippen MR) is 76.3 cm³/mol. The quantitative estimate of drug-likeness (QED) is 0.794. The summed E-state index contributed by atoms with van der Waals surface area (Å²) in [6, 6.07) is 5.87. The van der Waals surface area contributed by atoms with Gasteiger partial charge < -0.3 is 5.32 Å². The van der Waals surface area contributed by atoms with E-state index in [1.165, 1.54) is 35.5 Å². The molecule has 24 heavy (non-hydrogen) atoms. The summed E-state index contributed by atoms with van der Waals surface area (Å²) in [6.45, 7) is 0. The van der Waals surface area contributed by atoms with Crippen molar-refractivity contribution in [3.8, 4) is 5.82 Å². The van der Waals surface area contributed by atoms with Crippen LogP contribution in [-0.2, 0) is 6.18 Å². The van der Waals surface area contributed by atoms with Crippen LogP contribution in [0, 0.1) is 0 Å². The van der Waals surface area contributed by atoms with E-state index in [0.717, 1.165) is 18.5 Å². The van der Waals surface area contributed by atoms with Crippen molar-refractivity contribution < 1.29 is 18.0 Å². The van der Waals surface area contributed by atoms with Crippen molar-refractivity contribution in [3.05, 3.63) is 60.4 Å². The van der Waals surface area contributed by atoms with Crippen LogP contribution < -0.4 is 5.32 Å². The fourth-order valence-electron chi connectivity index (χ4n) is 1.98. The fraction of sp³-hybridized carbons (Fsp3) is 0.0714. The maximum absolute atomic E-state index is 13.0. The van der Waals surface area contributed by atoms with Crippen molar-refractivity contribution in [2.75, 3.05) is 5.32 Å². The van der Waals surface area contributed by atoms with E-state index < -0.39 is 23.2 Å². The molecule has 0 aliphatic rings. The molecule has 0 aliphatic carbocycles.